The molecule has 2 aromatic carbocycles. The first-order valence-corrected chi connectivity index (χ1v) is 12.0. The summed E-state index contributed by atoms with van der Waals surface area (Å²) < 4.78 is 16.5. The Morgan fingerprint density at radius 2 is 1.86 bits per heavy atom. The maximum atomic E-state index is 13.4. The van der Waals surface area contributed by atoms with Crippen LogP contribution in [0.2, 0.25) is 0 Å². The van der Waals surface area contributed by atoms with Crippen LogP contribution in [0.1, 0.15) is 41.6 Å². The molecule has 5 rings (SSSR count). The number of aromatic nitrogens is 4. The maximum Gasteiger partial charge on any atom is 0.259 e. The molecule has 0 bridgehead atoms. The number of carbonyl (C=O) groups excluding carboxylic acids is 2. The highest BCUT2D eigenvalue weighted by molar-refractivity contribution is 6.08. The van der Waals surface area contributed by atoms with E-state index < -0.39 is 0 Å². The Balaban J connectivity index is 1.36. The lowest BCUT2D eigenvalue weighted by molar-refractivity contribution is -0.122. The van der Waals surface area contributed by atoms with E-state index in [4.69, 9.17) is 0 Å². The van der Waals surface area contributed by atoms with E-state index in [0.717, 1.165) is 36.8 Å². The van der Waals surface area contributed by atoms with Gasteiger partial charge in [0, 0.05) is 24.0 Å². The van der Waals surface area contributed by atoms with E-state index in [1.807, 2.05) is 31.2 Å². The quantitative estimate of drug-likeness (QED) is 0.402. The van der Waals surface area contributed by atoms with E-state index in [1.54, 1.807) is 29.2 Å². The predicted molar refractivity (Wildman–Crippen MR) is 134 cm³/mol. The number of rotatable bonds is 7. The van der Waals surface area contributed by atoms with Gasteiger partial charge in [-0.25, -0.2) is 9.07 Å². The van der Waals surface area contributed by atoms with Gasteiger partial charge < -0.3 is 10.6 Å². The van der Waals surface area contributed by atoms with Crippen molar-refractivity contribution in [1.29, 1.82) is 0 Å². The standard InChI is InChI=1S/C27H27FN6O2/c1-18-5-4-6-19(13-18)26-24(16-34(32-26)23-11-9-20(28)10-12-23)27(36)31-22-14-29-33(15-22)17-25(35)30-21-7-2-3-8-21/h4-6,9-16,21H,2-3,7-8,17H2,1H3,(H,30,35)(H,31,36). The van der Waals surface area contributed by atoms with Gasteiger partial charge in [-0.05, 0) is 50.1 Å². The lowest BCUT2D eigenvalue weighted by Gasteiger charge is -2.11. The van der Waals surface area contributed by atoms with Crippen LogP contribution in [-0.2, 0) is 11.3 Å². The van der Waals surface area contributed by atoms with Crippen molar-refractivity contribution in [1.82, 2.24) is 24.9 Å². The van der Waals surface area contributed by atoms with Crippen LogP contribution in [0.5, 0.6) is 0 Å². The first kappa shape index (κ1) is 23.5. The van der Waals surface area contributed by atoms with Gasteiger partial charge in [0.1, 0.15) is 18.1 Å². The number of nitrogens with one attached hydrogen (secondary N) is 2. The fourth-order valence-corrected chi connectivity index (χ4v) is 4.48. The molecule has 0 unspecified atom stereocenters. The number of hydrogen-bond donors (Lipinski definition) is 2. The third kappa shape index (κ3) is 5.35. The minimum Gasteiger partial charge on any atom is -0.352 e. The molecule has 2 amide bonds. The fourth-order valence-electron chi connectivity index (χ4n) is 4.48. The molecule has 36 heavy (non-hydrogen) atoms. The summed E-state index contributed by atoms with van der Waals surface area (Å²) in [5.41, 5.74) is 3.79. The number of halogens is 1. The number of aryl methyl sites for hydroxylation is 1. The average Bonchev–Trinajstić information content (AvgIpc) is 3.61. The Hall–Kier alpha value is -4.27. The lowest BCUT2D eigenvalue weighted by atomic mass is 10.1. The van der Waals surface area contributed by atoms with Crippen molar-refractivity contribution in [3.8, 4) is 16.9 Å². The summed E-state index contributed by atoms with van der Waals surface area (Å²) in [6, 6.07) is 13.9. The summed E-state index contributed by atoms with van der Waals surface area (Å²) in [5.74, 6) is -0.809. The van der Waals surface area contributed by atoms with Gasteiger partial charge in [-0.2, -0.15) is 10.2 Å². The zero-order chi connectivity index (χ0) is 25.1. The molecule has 0 saturated heterocycles. The van der Waals surface area contributed by atoms with Gasteiger partial charge in [0.2, 0.25) is 5.91 Å². The van der Waals surface area contributed by atoms with Gasteiger partial charge in [0.15, 0.2) is 0 Å². The van der Waals surface area contributed by atoms with E-state index >= 15 is 0 Å². The van der Waals surface area contributed by atoms with Gasteiger partial charge >= 0.3 is 0 Å². The summed E-state index contributed by atoms with van der Waals surface area (Å²) in [6.45, 7) is 2.06. The van der Waals surface area contributed by atoms with Crippen LogP contribution in [0.4, 0.5) is 10.1 Å². The molecule has 1 fully saturated rings. The number of benzene rings is 2. The third-order valence-electron chi connectivity index (χ3n) is 6.26. The minimum atomic E-state index is -0.366. The zero-order valence-corrected chi connectivity index (χ0v) is 19.9. The van der Waals surface area contributed by atoms with Crippen molar-refractivity contribution in [2.24, 2.45) is 0 Å². The second-order valence-electron chi connectivity index (χ2n) is 9.11. The molecule has 1 saturated carbocycles. The largest absolute Gasteiger partial charge is 0.352 e. The molecular formula is C27H27FN6O2. The number of anilines is 1. The van der Waals surface area contributed by atoms with E-state index in [2.05, 4.69) is 20.8 Å². The zero-order valence-electron chi connectivity index (χ0n) is 19.9. The van der Waals surface area contributed by atoms with Crippen molar-refractivity contribution in [2.75, 3.05) is 5.32 Å². The number of hydrogen-bond acceptors (Lipinski definition) is 4. The first-order valence-electron chi connectivity index (χ1n) is 12.0. The van der Waals surface area contributed by atoms with Gasteiger partial charge in [0.05, 0.1) is 23.1 Å². The summed E-state index contributed by atoms with van der Waals surface area (Å²) in [6.07, 6.45) is 9.08. The third-order valence-corrected chi connectivity index (χ3v) is 6.26. The van der Waals surface area contributed by atoms with Crippen LogP contribution < -0.4 is 10.6 Å². The van der Waals surface area contributed by atoms with Crippen molar-refractivity contribution in [2.45, 2.75) is 45.2 Å². The Labute approximate surface area is 208 Å². The second kappa shape index (κ2) is 10.2. The molecule has 184 valence electrons. The molecular weight excluding hydrogens is 459 g/mol. The van der Waals surface area contributed by atoms with E-state index in [9.17, 15) is 14.0 Å². The lowest BCUT2D eigenvalue weighted by Crippen LogP contribution is -2.35. The van der Waals surface area contributed by atoms with Crippen LogP contribution in [0.15, 0.2) is 67.1 Å². The van der Waals surface area contributed by atoms with E-state index in [-0.39, 0.29) is 30.2 Å². The number of nitrogens with zero attached hydrogens (tertiary/aromatic N) is 4. The number of carbonyl (C=O) groups is 2. The summed E-state index contributed by atoms with van der Waals surface area (Å²) in [5, 5.41) is 14.7. The Kier molecular flexibility index (Phi) is 6.62. The van der Waals surface area contributed by atoms with Crippen LogP contribution >= 0.6 is 0 Å². The monoisotopic (exact) mass is 486 g/mol. The average molecular weight is 487 g/mol. The van der Waals surface area contributed by atoms with Gasteiger partial charge in [-0.1, -0.05) is 36.6 Å². The van der Waals surface area contributed by atoms with Gasteiger partial charge in [0.25, 0.3) is 5.91 Å². The maximum absolute atomic E-state index is 13.4. The van der Waals surface area contributed by atoms with Crippen molar-refractivity contribution >= 4 is 17.5 Å². The van der Waals surface area contributed by atoms with Crippen molar-refractivity contribution in [3.05, 3.63) is 84.1 Å². The Morgan fingerprint density at radius 1 is 1.08 bits per heavy atom. The highest BCUT2D eigenvalue weighted by atomic mass is 19.1. The molecule has 0 atom stereocenters. The molecule has 1 aliphatic rings. The van der Waals surface area contributed by atoms with Crippen molar-refractivity contribution in [3.63, 3.8) is 0 Å². The van der Waals surface area contributed by atoms with Crippen molar-refractivity contribution < 1.29 is 14.0 Å². The second-order valence-corrected chi connectivity index (χ2v) is 9.11. The molecule has 2 heterocycles. The SMILES string of the molecule is Cc1cccc(-c2nn(-c3ccc(F)cc3)cc2C(=O)Nc2cnn(CC(=O)NC3CCCC3)c2)c1. The predicted octanol–water partition coefficient (Wildman–Crippen LogP) is 4.49. The number of amides is 2. The normalized spacial score (nSPS) is 13.6. The Bertz CT molecular complexity index is 1390. The van der Waals surface area contributed by atoms with Crippen LogP contribution in [0.25, 0.3) is 16.9 Å². The minimum absolute atomic E-state index is 0.0867. The molecule has 8 nitrogen and oxygen atoms in total. The highest BCUT2D eigenvalue weighted by Gasteiger charge is 2.21. The molecule has 0 spiro atoms. The summed E-state index contributed by atoms with van der Waals surface area (Å²) >= 11 is 0. The molecule has 0 aliphatic heterocycles. The summed E-state index contributed by atoms with van der Waals surface area (Å²) in [4.78, 5) is 25.6. The molecule has 0 radical (unpaired) electrons. The van der Waals surface area contributed by atoms with Crippen LogP contribution in [-0.4, -0.2) is 37.4 Å². The smallest absolute Gasteiger partial charge is 0.259 e. The fraction of sp³-hybridized carbons (Fsp3) is 0.259. The highest BCUT2D eigenvalue weighted by Crippen LogP contribution is 2.26. The topological polar surface area (TPSA) is 93.8 Å². The van der Waals surface area contributed by atoms with E-state index in [1.165, 1.54) is 23.0 Å². The van der Waals surface area contributed by atoms with Crippen LogP contribution in [0, 0.1) is 12.7 Å². The molecule has 4 aromatic rings. The molecule has 1 aliphatic carbocycles. The molecule has 9 heteroatoms. The Morgan fingerprint density at radius 3 is 2.61 bits per heavy atom. The van der Waals surface area contributed by atoms with Gasteiger partial charge in [-0.3, -0.25) is 14.3 Å². The van der Waals surface area contributed by atoms with Gasteiger partial charge in [-0.15, -0.1) is 0 Å². The molecule has 2 N–H and O–H groups in total. The van der Waals surface area contributed by atoms with Crippen LogP contribution in [0.3, 0.4) is 0 Å². The first-order chi connectivity index (χ1) is 17.4. The summed E-state index contributed by atoms with van der Waals surface area (Å²) in [7, 11) is 0. The molecule has 2 aromatic heterocycles. The van der Waals surface area contributed by atoms with E-state index in [0.29, 0.717) is 22.6 Å².